The Morgan fingerprint density at radius 1 is 0.784 bits per heavy atom. The summed E-state index contributed by atoms with van der Waals surface area (Å²) in [6.07, 6.45) is -0.818. The number of hydrogen-bond acceptors (Lipinski definition) is 7. The fourth-order valence-corrected chi connectivity index (χ4v) is 6.21. The second-order valence-corrected chi connectivity index (χ2v) is 15.2. The molecule has 0 aliphatic heterocycles. The van der Waals surface area contributed by atoms with Crippen LogP contribution in [0.1, 0.15) is 67.0 Å². The molecular weight excluding hydrogens is 689 g/mol. The van der Waals surface area contributed by atoms with Gasteiger partial charge in [0.1, 0.15) is 39.4 Å². The normalized spacial score (nSPS) is 13.8. The van der Waals surface area contributed by atoms with E-state index in [4.69, 9.17) is 37.9 Å². The van der Waals surface area contributed by atoms with Gasteiger partial charge >= 0.3 is 6.09 Å². The largest absolute Gasteiger partial charge is 0.453 e. The van der Waals surface area contributed by atoms with Crippen LogP contribution in [-0.2, 0) is 22.6 Å². The van der Waals surface area contributed by atoms with Gasteiger partial charge in [-0.15, -0.1) is 0 Å². The van der Waals surface area contributed by atoms with Crippen LogP contribution in [0.4, 0.5) is 4.79 Å². The summed E-state index contributed by atoms with van der Waals surface area (Å²) in [4.78, 5) is 45.6. The highest BCUT2D eigenvalue weighted by atomic mass is 35.5. The van der Waals surface area contributed by atoms with Gasteiger partial charge < -0.3 is 30.0 Å². The van der Waals surface area contributed by atoms with E-state index in [1.807, 2.05) is 69.3 Å². The number of nitrogens with zero attached hydrogens (tertiary/aromatic N) is 4. The molecule has 2 aromatic carbocycles. The fourth-order valence-electron chi connectivity index (χ4n) is 5.69. The average Bonchev–Trinajstić information content (AvgIpc) is 3.64. The number of amides is 2. The second kappa shape index (κ2) is 16.6. The van der Waals surface area contributed by atoms with Crippen LogP contribution in [-0.4, -0.2) is 84.7 Å². The van der Waals surface area contributed by atoms with Gasteiger partial charge in [0, 0.05) is 23.2 Å². The van der Waals surface area contributed by atoms with Crippen LogP contribution < -0.4 is 5.32 Å². The summed E-state index contributed by atoms with van der Waals surface area (Å²) in [5, 5.41) is 14.1. The molecule has 13 heteroatoms. The van der Waals surface area contributed by atoms with E-state index in [0.717, 1.165) is 33.8 Å². The highest BCUT2D eigenvalue weighted by Crippen LogP contribution is 2.32. The number of rotatable bonds is 14. The minimum absolute atomic E-state index is 0.0697. The SMILES string of the molecule is COC(=O)NC(C(=O)N(Cc1nc(-c2ccc(-c3ccc(-c4nc(CN(C)[C@H](C)C(C)C)[nH]c4Cl)cc3)cc2)c(Cl)[nH]1)C(C)C(C)C)C(C)(C)O. The van der Waals surface area contributed by atoms with Crippen LogP contribution in [0.5, 0.6) is 0 Å². The van der Waals surface area contributed by atoms with E-state index in [9.17, 15) is 14.7 Å². The minimum atomic E-state index is -1.56. The van der Waals surface area contributed by atoms with Crippen LogP contribution >= 0.6 is 23.2 Å². The van der Waals surface area contributed by atoms with Crippen molar-refractivity contribution in [3.05, 3.63) is 70.5 Å². The van der Waals surface area contributed by atoms with Crippen molar-refractivity contribution < 1.29 is 19.4 Å². The molecule has 2 amide bonds. The van der Waals surface area contributed by atoms with Crippen molar-refractivity contribution in [1.29, 1.82) is 0 Å². The first kappa shape index (κ1) is 39.9. The predicted octanol–water partition coefficient (Wildman–Crippen LogP) is 7.79. The number of aliphatic hydroxyl groups is 1. The second-order valence-electron chi connectivity index (χ2n) is 14.4. The van der Waals surface area contributed by atoms with Gasteiger partial charge in [-0.1, -0.05) is 99.4 Å². The third kappa shape index (κ3) is 9.71. The van der Waals surface area contributed by atoms with Gasteiger partial charge in [0.15, 0.2) is 0 Å². The maximum Gasteiger partial charge on any atom is 0.407 e. The lowest BCUT2D eigenvalue weighted by Crippen LogP contribution is -2.60. The number of H-pyrrole nitrogens is 2. The number of alkyl carbamates (subject to hydrolysis) is 1. The number of ether oxygens (including phenoxy) is 1. The number of aromatic amines is 2. The standard InChI is InChI=1S/C38H51Cl2N7O4/c1-21(2)23(5)46(9)19-29-41-31(34(39)43-29)27-15-11-25(12-16-27)26-13-17-28(18-14-26)32-35(40)44-30(42-32)20-47(24(6)22(3)4)36(48)33(38(7,8)50)45-37(49)51-10/h11-18,21-24,33,50H,19-20H2,1-10H3,(H,41,43)(H,42,44)(H,45,49)/t23-,24?,33?/m1/s1. The zero-order valence-corrected chi connectivity index (χ0v) is 32.6. The van der Waals surface area contributed by atoms with E-state index in [1.54, 1.807) is 4.90 Å². The third-order valence-corrected chi connectivity index (χ3v) is 10.1. The number of hydrogen-bond donors (Lipinski definition) is 4. The Bertz CT molecular complexity index is 1780. The highest BCUT2D eigenvalue weighted by molar-refractivity contribution is 6.32. The van der Waals surface area contributed by atoms with E-state index in [-0.39, 0.29) is 18.5 Å². The number of nitrogens with one attached hydrogen (secondary N) is 3. The topological polar surface area (TPSA) is 139 Å². The molecule has 51 heavy (non-hydrogen) atoms. The number of carbonyl (C=O) groups is 2. The molecule has 11 nitrogen and oxygen atoms in total. The molecule has 0 fully saturated rings. The van der Waals surface area contributed by atoms with Crippen molar-refractivity contribution in [2.45, 2.75) is 92.2 Å². The summed E-state index contributed by atoms with van der Waals surface area (Å²) in [5.41, 5.74) is 3.46. The molecule has 0 aliphatic rings. The molecule has 4 rings (SSSR count). The molecule has 4 N–H and O–H groups in total. The first-order chi connectivity index (χ1) is 23.9. The number of imidazole rings is 2. The van der Waals surface area contributed by atoms with Crippen LogP contribution in [0.2, 0.25) is 10.3 Å². The van der Waals surface area contributed by atoms with Gasteiger partial charge in [-0.2, -0.15) is 0 Å². The lowest BCUT2D eigenvalue weighted by molar-refractivity contribution is -0.143. The van der Waals surface area contributed by atoms with Gasteiger partial charge in [-0.3, -0.25) is 9.69 Å². The maximum atomic E-state index is 13.8. The monoisotopic (exact) mass is 739 g/mol. The molecule has 0 bridgehead atoms. The zero-order valence-electron chi connectivity index (χ0n) is 31.1. The molecule has 2 aromatic heterocycles. The molecule has 0 spiro atoms. The first-order valence-electron chi connectivity index (χ1n) is 17.2. The van der Waals surface area contributed by atoms with Gasteiger partial charge in [-0.25, -0.2) is 14.8 Å². The molecule has 276 valence electrons. The number of aromatic nitrogens is 4. The van der Waals surface area contributed by atoms with Crippen LogP contribution in [0.25, 0.3) is 33.6 Å². The van der Waals surface area contributed by atoms with Crippen LogP contribution in [0.3, 0.4) is 0 Å². The lowest BCUT2D eigenvalue weighted by atomic mass is 9.95. The van der Waals surface area contributed by atoms with Gasteiger partial charge in [0.25, 0.3) is 0 Å². The Morgan fingerprint density at radius 3 is 1.59 bits per heavy atom. The van der Waals surface area contributed by atoms with Gasteiger partial charge in [0.05, 0.1) is 25.8 Å². The Morgan fingerprint density at radius 2 is 1.20 bits per heavy atom. The van der Waals surface area contributed by atoms with Gasteiger partial charge in [0.2, 0.25) is 5.91 Å². The molecule has 0 saturated carbocycles. The van der Waals surface area contributed by atoms with Crippen molar-refractivity contribution in [2.75, 3.05) is 14.2 Å². The highest BCUT2D eigenvalue weighted by Gasteiger charge is 2.40. The minimum Gasteiger partial charge on any atom is -0.453 e. The van der Waals surface area contributed by atoms with E-state index in [0.29, 0.717) is 40.3 Å². The van der Waals surface area contributed by atoms with E-state index in [1.165, 1.54) is 21.0 Å². The maximum absolute atomic E-state index is 13.8. The quantitative estimate of drug-likeness (QED) is 0.104. The lowest BCUT2D eigenvalue weighted by Gasteiger charge is -2.37. The summed E-state index contributed by atoms with van der Waals surface area (Å²) in [7, 11) is 3.29. The predicted molar refractivity (Wildman–Crippen MR) is 203 cm³/mol. The van der Waals surface area contributed by atoms with Crippen molar-refractivity contribution in [2.24, 2.45) is 11.8 Å². The van der Waals surface area contributed by atoms with Crippen molar-refractivity contribution in [3.8, 4) is 33.6 Å². The van der Waals surface area contributed by atoms with Crippen LogP contribution in [0.15, 0.2) is 48.5 Å². The number of methoxy groups -OCH3 is 1. The Balaban J connectivity index is 1.51. The molecule has 4 aromatic rings. The van der Waals surface area contributed by atoms with Crippen molar-refractivity contribution >= 4 is 35.2 Å². The van der Waals surface area contributed by atoms with E-state index < -0.39 is 23.6 Å². The zero-order chi connectivity index (χ0) is 37.8. The summed E-state index contributed by atoms with van der Waals surface area (Å²) >= 11 is 13.2. The molecule has 2 unspecified atom stereocenters. The van der Waals surface area contributed by atoms with Crippen molar-refractivity contribution in [3.63, 3.8) is 0 Å². The third-order valence-electron chi connectivity index (χ3n) is 9.59. The Hall–Kier alpha value is -3.90. The molecule has 0 aliphatic carbocycles. The summed E-state index contributed by atoms with van der Waals surface area (Å²) in [6, 6.07) is 14.9. The van der Waals surface area contributed by atoms with E-state index >= 15 is 0 Å². The number of carbonyl (C=O) groups excluding carboxylic acids is 2. The molecule has 3 atom stereocenters. The Kier molecular flexibility index (Phi) is 13.0. The fraction of sp³-hybridized carbons (Fsp3) is 0.474. The average molecular weight is 741 g/mol. The summed E-state index contributed by atoms with van der Waals surface area (Å²) < 4.78 is 4.71. The van der Waals surface area contributed by atoms with Crippen molar-refractivity contribution in [1.82, 2.24) is 35.1 Å². The molecular formula is C38H51Cl2N7O4. The van der Waals surface area contributed by atoms with E-state index in [2.05, 4.69) is 48.0 Å². The molecule has 0 radical (unpaired) electrons. The number of benzene rings is 2. The van der Waals surface area contributed by atoms with Crippen LogP contribution in [0, 0.1) is 11.8 Å². The molecule has 0 saturated heterocycles. The Labute approximate surface area is 311 Å². The molecule has 2 heterocycles. The first-order valence-corrected chi connectivity index (χ1v) is 17.9. The summed E-state index contributed by atoms with van der Waals surface area (Å²) in [5.74, 6) is 1.41. The summed E-state index contributed by atoms with van der Waals surface area (Å²) in [6.45, 7) is 16.2. The number of halogens is 2. The smallest absolute Gasteiger partial charge is 0.407 e. The van der Waals surface area contributed by atoms with Gasteiger partial charge in [-0.05, 0) is 57.7 Å².